The highest BCUT2D eigenvalue weighted by Gasteiger charge is 2.16. The molecule has 0 spiro atoms. The van der Waals surface area contributed by atoms with Gasteiger partial charge in [-0.05, 0) is 35.7 Å². The smallest absolute Gasteiger partial charge is 0.233 e. The van der Waals surface area contributed by atoms with Crippen LogP contribution >= 0.6 is 11.3 Å². The number of nitrogens with zero attached hydrogens (tertiary/aromatic N) is 2. The highest BCUT2D eigenvalue weighted by atomic mass is 32.1. The molecular weight excluding hydrogens is 294 g/mol. The highest BCUT2D eigenvalue weighted by molar-refractivity contribution is 7.13. The molecule has 0 saturated carbocycles. The second-order valence-electron chi connectivity index (χ2n) is 4.91. The van der Waals surface area contributed by atoms with Gasteiger partial charge in [0.05, 0.1) is 5.92 Å². The first-order valence-electron chi connectivity index (χ1n) is 6.95. The van der Waals surface area contributed by atoms with Gasteiger partial charge in [0, 0.05) is 24.0 Å². The van der Waals surface area contributed by atoms with E-state index in [1.54, 1.807) is 18.6 Å². The third-order valence-electron chi connectivity index (χ3n) is 3.48. The van der Waals surface area contributed by atoms with E-state index in [4.69, 9.17) is 0 Å². The van der Waals surface area contributed by atoms with Gasteiger partial charge in [-0.15, -0.1) is 11.3 Å². The largest absolute Gasteiger partial charge is 0.301 e. The lowest BCUT2D eigenvalue weighted by Gasteiger charge is -2.12. The van der Waals surface area contributed by atoms with E-state index in [9.17, 15) is 4.79 Å². The van der Waals surface area contributed by atoms with Crippen LogP contribution in [-0.2, 0) is 4.79 Å². The van der Waals surface area contributed by atoms with Crippen molar-refractivity contribution in [2.75, 3.05) is 5.32 Å². The maximum Gasteiger partial charge on any atom is 0.233 e. The number of rotatable bonds is 4. The number of hydrogen-bond donors (Lipinski definition) is 1. The number of pyridine rings is 1. The Morgan fingerprint density at radius 1 is 1.05 bits per heavy atom. The maximum atomic E-state index is 12.2. The normalized spacial score (nSPS) is 11.9. The summed E-state index contributed by atoms with van der Waals surface area (Å²) in [7, 11) is 0. The Morgan fingerprint density at radius 2 is 1.73 bits per heavy atom. The molecule has 0 bridgehead atoms. The molecule has 0 aliphatic rings. The van der Waals surface area contributed by atoms with Gasteiger partial charge in [0.15, 0.2) is 5.13 Å². The van der Waals surface area contributed by atoms with E-state index in [0.29, 0.717) is 5.13 Å². The van der Waals surface area contributed by atoms with E-state index in [1.165, 1.54) is 11.3 Å². The quantitative estimate of drug-likeness (QED) is 0.794. The van der Waals surface area contributed by atoms with E-state index < -0.39 is 0 Å². The zero-order chi connectivity index (χ0) is 15.4. The summed E-state index contributed by atoms with van der Waals surface area (Å²) in [5, 5.41) is 5.29. The number of thiazole rings is 1. The number of nitrogens with one attached hydrogen (secondary N) is 1. The second kappa shape index (κ2) is 6.49. The molecule has 3 rings (SSSR count). The maximum absolute atomic E-state index is 12.2. The number of aromatic nitrogens is 2. The van der Waals surface area contributed by atoms with Crippen molar-refractivity contribution in [2.45, 2.75) is 12.8 Å². The molecule has 2 heterocycles. The number of carbonyl (C=O) groups excluding carboxylic acids is 1. The standard InChI is InChI=1S/C17H15N3OS/c1-12(16(21)20-17-19-10-11-22-17)13-2-4-14(5-3-13)15-6-8-18-9-7-15/h2-12H,1H3,(H,19,20,21). The fourth-order valence-electron chi connectivity index (χ4n) is 2.16. The summed E-state index contributed by atoms with van der Waals surface area (Å²) in [5.41, 5.74) is 3.20. The first-order chi connectivity index (χ1) is 10.7. The van der Waals surface area contributed by atoms with Crippen molar-refractivity contribution in [2.24, 2.45) is 0 Å². The van der Waals surface area contributed by atoms with Gasteiger partial charge in [-0.2, -0.15) is 0 Å². The first kappa shape index (κ1) is 14.4. The lowest BCUT2D eigenvalue weighted by Crippen LogP contribution is -2.18. The predicted octanol–water partition coefficient (Wildman–Crippen LogP) is 3.95. The lowest BCUT2D eigenvalue weighted by molar-refractivity contribution is -0.117. The van der Waals surface area contributed by atoms with Gasteiger partial charge in [-0.1, -0.05) is 24.3 Å². The fraction of sp³-hybridized carbons (Fsp3) is 0.118. The molecule has 1 N–H and O–H groups in total. The fourth-order valence-corrected chi connectivity index (χ4v) is 2.69. The monoisotopic (exact) mass is 309 g/mol. The Bertz CT molecular complexity index is 739. The topological polar surface area (TPSA) is 54.9 Å². The van der Waals surface area contributed by atoms with Gasteiger partial charge >= 0.3 is 0 Å². The molecule has 1 atom stereocenters. The molecular formula is C17H15N3OS. The summed E-state index contributed by atoms with van der Waals surface area (Å²) in [4.78, 5) is 20.3. The van der Waals surface area contributed by atoms with Crippen LogP contribution in [0, 0.1) is 0 Å². The number of benzene rings is 1. The van der Waals surface area contributed by atoms with Gasteiger partial charge in [0.25, 0.3) is 0 Å². The van der Waals surface area contributed by atoms with Crippen molar-refractivity contribution in [3.63, 3.8) is 0 Å². The minimum absolute atomic E-state index is 0.0494. The number of anilines is 1. The molecule has 4 nitrogen and oxygen atoms in total. The number of amides is 1. The summed E-state index contributed by atoms with van der Waals surface area (Å²) in [6.07, 6.45) is 5.22. The SMILES string of the molecule is CC(C(=O)Nc1nccs1)c1ccc(-c2ccncc2)cc1. The molecule has 0 aliphatic heterocycles. The Balaban J connectivity index is 1.73. The van der Waals surface area contributed by atoms with Crippen LogP contribution in [0.2, 0.25) is 0 Å². The molecule has 110 valence electrons. The summed E-state index contributed by atoms with van der Waals surface area (Å²) >= 11 is 1.41. The van der Waals surface area contributed by atoms with Crippen LogP contribution in [-0.4, -0.2) is 15.9 Å². The molecule has 5 heteroatoms. The van der Waals surface area contributed by atoms with E-state index >= 15 is 0 Å². The predicted molar refractivity (Wildman–Crippen MR) is 88.8 cm³/mol. The van der Waals surface area contributed by atoms with E-state index in [1.807, 2.05) is 48.7 Å². The van der Waals surface area contributed by atoms with Crippen LogP contribution in [0.1, 0.15) is 18.4 Å². The zero-order valence-electron chi connectivity index (χ0n) is 12.1. The minimum atomic E-state index is -0.226. The van der Waals surface area contributed by atoms with Crippen molar-refractivity contribution in [3.05, 3.63) is 65.9 Å². The van der Waals surface area contributed by atoms with Gasteiger partial charge in [0.2, 0.25) is 5.91 Å². The lowest BCUT2D eigenvalue weighted by atomic mass is 9.97. The van der Waals surface area contributed by atoms with Crippen molar-refractivity contribution < 1.29 is 4.79 Å². The Labute approximate surface area is 132 Å². The molecule has 0 saturated heterocycles. The number of hydrogen-bond acceptors (Lipinski definition) is 4. The van der Waals surface area contributed by atoms with Crippen LogP contribution in [0.3, 0.4) is 0 Å². The van der Waals surface area contributed by atoms with E-state index in [0.717, 1.165) is 16.7 Å². The minimum Gasteiger partial charge on any atom is -0.301 e. The van der Waals surface area contributed by atoms with Crippen LogP contribution < -0.4 is 5.32 Å². The van der Waals surface area contributed by atoms with Gasteiger partial charge in [-0.25, -0.2) is 4.98 Å². The van der Waals surface area contributed by atoms with Crippen LogP contribution in [0.4, 0.5) is 5.13 Å². The van der Waals surface area contributed by atoms with Gasteiger partial charge < -0.3 is 5.32 Å². The first-order valence-corrected chi connectivity index (χ1v) is 7.83. The summed E-state index contributed by atoms with van der Waals surface area (Å²) in [5.74, 6) is -0.276. The molecule has 1 unspecified atom stereocenters. The van der Waals surface area contributed by atoms with E-state index in [-0.39, 0.29) is 11.8 Å². The molecule has 1 amide bonds. The third-order valence-corrected chi connectivity index (χ3v) is 4.17. The van der Waals surface area contributed by atoms with Crippen molar-refractivity contribution in [1.29, 1.82) is 0 Å². The molecule has 22 heavy (non-hydrogen) atoms. The average Bonchev–Trinajstić information content (AvgIpc) is 3.08. The van der Waals surface area contributed by atoms with Gasteiger partial charge in [-0.3, -0.25) is 9.78 Å². The Hall–Kier alpha value is -2.53. The van der Waals surface area contributed by atoms with Crippen LogP contribution in [0.15, 0.2) is 60.4 Å². The summed E-state index contributed by atoms with van der Waals surface area (Å²) < 4.78 is 0. The summed E-state index contributed by atoms with van der Waals surface area (Å²) in [6, 6.07) is 12.0. The highest BCUT2D eigenvalue weighted by Crippen LogP contribution is 2.23. The molecule has 3 aromatic rings. The molecule has 2 aromatic heterocycles. The number of carbonyl (C=O) groups is 1. The molecule has 0 fully saturated rings. The van der Waals surface area contributed by atoms with Crippen molar-refractivity contribution in [3.8, 4) is 11.1 Å². The van der Waals surface area contributed by atoms with Crippen molar-refractivity contribution in [1.82, 2.24) is 9.97 Å². The Kier molecular flexibility index (Phi) is 4.25. The molecule has 1 aromatic carbocycles. The van der Waals surface area contributed by atoms with E-state index in [2.05, 4.69) is 15.3 Å². The van der Waals surface area contributed by atoms with Crippen LogP contribution in [0.5, 0.6) is 0 Å². The molecule has 0 aliphatic carbocycles. The third kappa shape index (κ3) is 3.20. The summed E-state index contributed by atoms with van der Waals surface area (Å²) in [6.45, 7) is 1.89. The molecule has 0 radical (unpaired) electrons. The van der Waals surface area contributed by atoms with Crippen LogP contribution in [0.25, 0.3) is 11.1 Å². The van der Waals surface area contributed by atoms with Gasteiger partial charge in [0.1, 0.15) is 0 Å². The average molecular weight is 309 g/mol. The zero-order valence-corrected chi connectivity index (χ0v) is 12.9. The second-order valence-corrected chi connectivity index (χ2v) is 5.80. The van der Waals surface area contributed by atoms with Crippen molar-refractivity contribution >= 4 is 22.4 Å². The Morgan fingerprint density at radius 3 is 2.36 bits per heavy atom.